The summed E-state index contributed by atoms with van der Waals surface area (Å²) in [7, 11) is 0. The number of hydrogen-bond donors (Lipinski definition) is 2. The van der Waals surface area contributed by atoms with Crippen molar-refractivity contribution in [3.8, 4) is 0 Å². The van der Waals surface area contributed by atoms with Gasteiger partial charge in [-0.15, -0.1) is 0 Å². The molecule has 0 spiro atoms. The lowest BCUT2D eigenvalue weighted by Crippen LogP contribution is -2.45. The third-order valence-corrected chi connectivity index (χ3v) is 2.89. The first-order valence-corrected chi connectivity index (χ1v) is 6.46. The van der Waals surface area contributed by atoms with Crippen molar-refractivity contribution in [1.82, 2.24) is 5.32 Å². The largest absolute Gasteiger partial charge is 0.368 e. The molecule has 0 aliphatic heterocycles. The molecule has 0 saturated carbocycles. The SMILES string of the molecule is CCCC[C@@H](NC(=O)Cc1ccc(F)cc1F)C(N)=O. The van der Waals surface area contributed by atoms with Gasteiger partial charge in [0, 0.05) is 6.07 Å². The molecule has 0 bridgehead atoms. The van der Waals surface area contributed by atoms with E-state index in [4.69, 9.17) is 5.73 Å². The minimum absolute atomic E-state index is 0.0719. The summed E-state index contributed by atoms with van der Waals surface area (Å²) >= 11 is 0. The Hall–Kier alpha value is -1.98. The van der Waals surface area contributed by atoms with Crippen LogP contribution in [0.1, 0.15) is 31.7 Å². The van der Waals surface area contributed by atoms with Crippen LogP contribution in [-0.4, -0.2) is 17.9 Å². The van der Waals surface area contributed by atoms with Crippen LogP contribution in [0, 0.1) is 11.6 Å². The van der Waals surface area contributed by atoms with Gasteiger partial charge in [-0.1, -0.05) is 25.8 Å². The van der Waals surface area contributed by atoms with E-state index in [0.29, 0.717) is 12.5 Å². The number of carbonyl (C=O) groups is 2. The normalized spacial score (nSPS) is 11.9. The maximum atomic E-state index is 13.4. The standard InChI is InChI=1S/C14H18F2N2O2/c1-2-3-4-12(14(17)20)18-13(19)7-9-5-6-10(15)8-11(9)16/h5-6,8,12H,2-4,7H2,1H3,(H2,17,20)(H,18,19)/t12-/m1/s1. The number of amides is 2. The smallest absolute Gasteiger partial charge is 0.239 e. The van der Waals surface area contributed by atoms with Crippen LogP contribution >= 0.6 is 0 Å². The van der Waals surface area contributed by atoms with E-state index in [2.05, 4.69) is 5.32 Å². The molecular formula is C14H18F2N2O2. The van der Waals surface area contributed by atoms with Crippen LogP contribution in [0.5, 0.6) is 0 Å². The van der Waals surface area contributed by atoms with Crippen molar-refractivity contribution in [1.29, 1.82) is 0 Å². The number of halogens is 2. The Balaban J connectivity index is 2.63. The summed E-state index contributed by atoms with van der Waals surface area (Å²) in [6.45, 7) is 1.95. The second kappa shape index (κ2) is 7.57. The molecule has 0 aromatic heterocycles. The lowest BCUT2D eigenvalue weighted by molar-refractivity contribution is -0.127. The van der Waals surface area contributed by atoms with E-state index in [-0.39, 0.29) is 12.0 Å². The van der Waals surface area contributed by atoms with Gasteiger partial charge in [0.1, 0.15) is 17.7 Å². The van der Waals surface area contributed by atoms with E-state index >= 15 is 0 Å². The molecule has 2 amide bonds. The number of unbranched alkanes of at least 4 members (excludes halogenated alkanes) is 1. The molecule has 0 radical (unpaired) electrons. The topological polar surface area (TPSA) is 72.2 Å². The Labute approximate surface area is 116 Å². The molecule has 4 nitrogen and oxygen atoms in total. The van der Waals surface area contributed by atoms with Crippen molar-refractivity contribution in [2.75, 3.05) is 0 Å². The zero-order valence-corrected chi connectivity index (χ0v) is 11.3. The summed E-state index contributed by atoms with van der Waals surface area (Å²) in [4.78, 5) is 22.9. The van der Waals surface area contributed by atoms with Crippen molar-refractivity contribution in [2.45, 2.75) is 38.6 Å². The number of carbonyl (C=O) groups excluding carboxylic acids is 2. The average molecular weight is 284 g/mol. The molecule has 1 aromatic rings. The summed E-state index contributed by atoms with van der Waals surface area (Å²) in [5.41, 5.74) is 5.26. The van der Waals surface area contributed by atoms with Gasteiger partial charge in [-0.25, -0.2) is 8.78 Å². The molecule has 3 N–H and O–H groups in total. The zero-order chi connectivity index (χ0) is 15.1. The summed E-state index contributed by atoms with van der Waals surface area (Å²) in [5, 5.41) is 2.47. The molecule has 1 atom stereocenters. The van der Waals surface area contributed by atoms with Gasteiger partial charge >= 0.3 is 0 Å². The molecule has 1 aromatic carbocycles. The predicted molar refractivity (Wildman–Crippen MR) is 70.7 cm³/mol. The van der Waals surface area contributed by atoms with E-state index < -0.39 is 29.5 Å². The summed E-state index contributed by atoms with van der Waals surface area (Å²) in [6, 6.07) is 2.24. The van der Waals surface area contributed by atoms with E-state index in [0.717, 1.165) is 18.9 Å². The van der Waals surface area contributed by atoms with Crippen molar-refractivity contribution in [3.05, 3.63) is 35.4 Å². The summed E-state index contributed by atoms with van der Waals surface area (Å²) in [6.07, 6.45) is 1.80. The molecule has 110 valence electrons. The molecule has 0 fully saturated rings. The first kappa shape index (κ1) is 16.1. The van der Waals surface area contributed by atoms with Crippen molar-refractivity contribution >= 4 is 11.8 Å². The lowest BCUT2D eigenvalue weighted by atomic mass is 10.1. The van der Waals surface area contributed by atoms with E-state index in [9.17, 15) is 18.4 Å². The van der Waals surface area contributed by atoms with Crippen LogP contribution in [0.4, 0.5) is 8.78 Å². The Morgan fingerprint density at radius 2 is 2.05 bits per heavy atom. The molecular weight excluding hydrogens is 266 g/mol. The number of hydrogen-bond acceptors (Lipinski definition) is 2. The van der Waals surface area contributed by atoms with Crippen LogP contribution in [-0.2, 0) is 16.0 Å². The van der Waals surface area contributed by atoms with Gasteiger partial charge in [-0.05, 0) is 18.1 Å². The molecule has 0 aliphatic carbocycles. The minimum Gasteiger partial charge on any atom is -0.368 e. The van der Waals surface area contributed by atoms with Crippen LogP contribution < -0.4 is 11.1 Å². The minimum atomic E-state index is -0.788. The predicted octanol–water partition coefficient (Wildman–Crippen LogP) is 1.67. The zero-order valence-electron chi connectivity index (χ0n) is 11.3. The summed E-state index contributed by atoms with van der Waals surface area (Å²) in [5.74, 6) is -2.63. The van der Waals surface area contributed by atoms with E-state index in [1.54, 1.807) is 0 Å². The molecule has 0 unspecified atom stereocenters. The average Bonchev–Trinajstić information content (AvgIpc) is 2.37. The number of primary amides is 1. The number of nitrogens with one attached hydrogen (secondary N) is 1. The Morgan fingerprint density at radius 1 is 1.35 bits per heavy atom. The maximum absolute atomic E-state index is 13.4. The monoisotopic (exact) mass is 284 g/mol. The Kier molecular flexibility index (Phi) is 6.09. The van der Waals surface area contributed by atoms with Gasteiger partial charge in [-0.2, -0.15) is 0 Å². The van der Waals surface area contributed by atoms with Gasteiger partial charge in [-0.3, -0.25) is 9.59 Å². The van der Waals surface area contributed by atoms with Crippen molar-refractivity contribution in [2.24, 2.45) is 5.73 Å². The highest BCUT2D eigenvalue weighted by Crippen LogP contribution is 2.10. The highest BCUT2D eigenvalue weighted by molar-refractivity contribution is 5.87. The lowest BCUT2D eigenvalue weighted by Gasteiger charge is -2.15. The van der Waals surface area contributed by atoms with Gasteiger partial charge < -0.3 is 11.1 Å². The van der Waals surface area contributed by atoms with E-state index in [1.807, 2.05) is 6.92 Å². The number of nitrogens with two attached hydrogens (primary N) is 1. The van der Waals surface area contributed by atoms with E-state index in [1.165, 1.54) is 6.07 Å². The van der Waals surface area contributed by atoms with Gasteiger partial charge in [0.05, 0.1) is 6.42 Å². The molecule has 0 aliphatic rings. The van der Waals surface area contributed by atoms with Gasteiger partial charge in [0.25, 0.3) is 0 Å². The first-order valence-electron chi connectivity index (χ1n) is 6.46. The highest BCUT2D eigenvalue weighted by atomic mass is 19.1. The molecule has 6 heteroatoms. The van der Waals surface area contributed by atoms with Crippen molar-refractivity contribution < 1.29 is 18.4 Å². The number of benzene rings is 1. The fraction of sp³-hybridized carbons (Fsp3) is 0.429. The fourth-order valence-electron chi connectivity index (χ4n) is 1.78. The highest BCUT2D eigenvalue weighted by Gasteiger charge is 2.18. The van der Waals surface area contributed by atoms with Crippen LogP contribution in [0.25, 0.3) is 0 Å². The van der Waals surface area contributed by atoms with Crippen LogP contribution in [0.15, 0.2) is 18.2 Å². The Bertz CT molecular complexity index is 492. The van der Waals surface area contributed by atoms with Crippen molar-refractivity contribution in [3.63, 3.8) is 0 Å². The summed E-state index contributed by atoms with van der Waals surface area (Å²) < 4.78 is 26.1. The molecule has 20 heavy (non-hydrogen) atoms. The fourth-order valence-corrected chi connectivity index (χ4v) is 1.78. The third kappa shape index (κ3) is 4.95. The third-order valence-electron chi connectivity index (χ3n) is 2.89. The van der Waals surface area contributed by atoms with Gasteiger partial charge in [0.2, 0.25) is 11.8 Å². The quantitative estimate of drug-likeness (QED) is 0.799. The molecule has 0 heterocycles. The second-order valence-corrected chi connectivity index (χ2v) is 4.58. The van der Waals surface area contributed by atoms with Crippen LogP contribution in [0.2, 0.25) is 0 Å². The molecule has 1 rings (SSSR count). The molecule has 0 saturated heterocycles. The van der Waals surface area contributed by atoms with Crippen LogP contribution in [0.3, 0.4) is 0 Å². The second-order valence-electron chi connectivity index (χ2n) is 4.58. The Morgan fingerprint density at radius 3 is 2.60 bits per heavy atom. The number of rotatable bonds is 7. The maximum Gasteiger partial charge on any atom is 0.239 e. The van der Waals surface area contributed by atoms with Gasteiger partial charge in [0.15, 0.2) is 0 Å². The first-order chi connectivity index (χ1) is 9.43.